The predicted octanol–water partition coefficient (Wildman–Crippen LogP) is 1.63. The third-order valence-corrected chi connectivity index (χ3v) is 6.12. The van der Waals surface area contributed by atoms with Crippen molar-refractivity contribution in [2.24, 2.45) is 23.3 Å². The summed E-state index contributed by atoms with van der Waals surface area (Å²) in [4.78, 5) is 50.3. The van der Waals surface area contributed by atoms with E-state index in [4.69, 9.17) is 11.5 Å². The molecule has 0 spiro atoms. The maximum absolute atomic E-state index is 13.0. The quantitative estimate of drug-likeness (QED) is 0.228. The monoisotopic (exact) mass is 504 g/mol. The molecule has 0 saturated heterocycles. The third kappa shape index (κ3) is 10.7. The molecule has 0 aliphatic carbocycles. The molecular formula is C26H44N6O4. The van der Waals surface area contributed by atoms with Crippen molar-refractivity contribution >= 4 is 29.3 Å². The first kappa shape index (κ1) is 31.1. The van der Waals surface area contributed by atoms with Gasteiger partial charge in [-0.2, -0.15) is 0 Å². The number of carbonyl (C=O) groups is 4. The van der Waals surface area contributed by atoms with Gasteiger partial charge < -0.3 is 27.4 Å². The van der Waals surface area contributed by atoms with Crippen LogP contribution in [0.4, 0.5) is 10.5 Å². The van der Waals surface area contributed by atoms with E-state index in [2.05, 4.69) is 20.9 Å². The fourth-order valence-corrected chi connectivity index (χ4v) is 4.07. The summed E-state index contributed by atoms with van der Waals surface area (Å²) in [6.45, 7) is 10.4. The first-order chi connectivity index (χ1) is 16.8. The highest BCUT2D eigenvalue weighted by Crippen LogP contribution is 2.14. The molecule has 202 valence electrons. The summed E-state index contributed by atoms with van der Waals surface area (Å²) in [6, 6.07) is 5.18. The third-order valence-electron chi connectivity index (χ3n) is 6.12. The Balaban J connectivity index is 2.78. The second-order valence-corrected chi connectivity index (χ2v) is 9.98. The van der Waals surface area contributed by atoms with Gasteiger partial charge >= 0.3 is 6.03 Å². The van der Waals surface area contributed by atoms with Gasteiger partial charge in [0.2, 0.25) is 11.8 Å². The van der Waals surface area contributed by atoms with E-state index in [1.54, 1.807) is 6.92 Å². The molecule has 1 aromatic rings. The molecule has 0 bridgehead atoms. The number of likely N-dealkylation sites (N-methyl/N-ethyl adjacent to an activating group) is 1. The first-order valence-corrected chi connectivity index (χ1v) is 12.5. The summed E-state index contributed by atoms with van der Waals surface area (Å²) in [5.74, 6) is -0.458. The van der Waals surface area contributed by atoms with Gasteiger partial charge in [0.15, 0.2) is 0 Å². The van der Waals surface area contributed by atoms with Crippen LogP contribution in [0.15, 0.2) is 24.3 Å². The number of nitrogens with two attached hydrogens (primary N) is 2. The molecule has 1 rings (SSSR count). The van der Waals surface area contributed by atoms with Crippen molar-refractivity contribution in [3.63, 3.8) is 0 Å². The number of urea groups is 1. The number of ketones is 1. The van der Waals surface area contributed by atoms with Gasteiger partial charge in [-0.15, -0.1) is 0 Å². The van der Waals surface area contributed by atoms with E-state index in [0.717, 1.165) is 18.5 Å². The fraction of sp³-hybridized carbons (Fsp3) is 0.615. The van der Waals surface area contributed by atoms with Gasteiger partial charge in [0, 0.05) is 18.8 Å². The van der Waals surface area contributed by atoms with Crippen molar-refractivity contribution in [2.75, 3.05) is 25.5 Å². The Labute approximate surface area is 214 Å². The minimum Gasteiger partial charge on any atom is -0.352 e. The number of hydrogen-bond acceptors (Lipinski definition) is 6. The van der Waals surface area contributed by atoms with Crippen LogP contribution in [-0.4, -0.2) is 66.8 Å². The van der Waals surface area contributed by atoms with Crippen LogP contribution in [0.1, 0.15) is 53.0 Å². The molecule has 36 heavy (non-hydrogen) atoms. The summed E-state index contributed by atoms with van der Waals surface area (Å²) >= 11 is 0. The van der Waals surface area contributed by atoms with Crippen molar-refractivity contribution in [3.8, 4) is 0 Å². The lowest BCUT2D eigenvalue weighted by Crippen LogP contribution is -2.51. The number of carbonyl (C=O) groups excluding carboxylic acids is 4. The number of Topliss-reactive ketones (excluding diaryl/α,β-unsaturated/α-hetero) is 1. The average Bonchev–Trinajstić information content (AvgIpc) is 2.79. The lowest BCUT2D eigenvalue weighted by atomic mass is 9.99. The molecule has 0 aromatic heterocycles. The molecule has 0 aliphatic heterocycles. The SMILES string of the molecule is CC(=O)[C@H](C(C)C)N(C)CCc1ccc(NC(=O)[C@H](CCCNC(N)=O)NC(=O)[C@@H](N)C(C)C)cc1. The molecule has 0 radical (unpaired) electrons. The summed E-state index contributed by atoms with van der Waals surface area (Å²) in [6.07, 6.45) is 1.52. The minimum atomic E-state index is -0.815. The van der Waals surface area contributed by atoms with Crippen molar-refractivity contribution in [1.29, 1.82) is 0 Å². The Kier molecular flexibility index (Phi) is 13.1. The number of primary amides is 1. The van der Waals surface area contributed by atoms with Gasteiger partial charge in [-0.1, -0.05) is 39.8 Å². The second-order valence-electron chi connectivity index (χ2n) is 9.98. The molecule has 0 fully saturated rings. The zero-order valence-corrected chi connectivity index (χ0v) is 22.5. The summed E-state index contributed by atoms with van der Waals surface area (Å²) in [7, 11) is 1.96. The summed E-state index contributed by atoms with van der Waals surface area (Å²) < 4.78 is 0. The average molecular weight is 505 g/mol. The normalized spacial score (nSPS) is 13.8. The molecule has 7 N–H and O–H groups in total. The Morgan fingerprint density at radius 2 is 1.58 bits per heavy atom. The van der Waals surface area contributed by atoms with Crippen LogP contribution >= 0.6 is 0 Å². The van der Waals surface area contributed by atoms with Gasteiger partial charge in [-0.05, 0) is 62.8 Å². The topological polar surface area (TPSA) is 160 Å². The highest BCUT2D eigenvalue weighted by Gasteiger charge is 2.25. The number of rotatable bonds is 15. The zero-order chi connectivity index (χ0) is 27.4. The van der Waals surface area contributed by atoms with Crippen LogP contribution in [0.2, 0.25) is 0 Å². The standard InChI is InChI=1S/C26H44N6O4/c1-16(2)22(27)25(35)31-21(8-7-14-29-26(28)36)24(34)30-20-11-9-19(10-12-20)13-15-32(6)23(17(3)4)18(5)33/h9-12,16-17,21-23H,7-8,13-15,27H2,1-6H3,(H,30,34)(H,31,35)(H3,28,29,36)/t21-,22-,23-/m0/s1. The second kappa shape index (κ2) is 15.2. The van der Waals surface area contributed by atoms with Crippen LogP contribution in [0.25, 0.3) is 0 Å². The van der Waals surface area contributed by atoms with Crippen molar-refractivity contribution < 1.29 is 19.2 Å². The smallest absolute Gasteiger partial charge is 0.312 e. The number of amides is 4. The molecular weight excluding hydrogens is 460 g/mol. The highest BCUT2D eigenvalue weighted by atomic mass is 16.2. The molecule has 0 unspecified atom stereocenters. The van der Waals surface area contributed by atoms with Crippen LogP contribution in [0.5, 0.6) is 0 Å². The molecule has 10 heteroatoms. The largest absolute Gasteiger partial charge is 0.352 e. The maximum atomic E-state index is 13.0. The van der Waals surface area contributed by atoms with Crippen molar-refractivity contribution in [2.45, 2.75) is 72.0 Å². The Bertz CT molecular complexity index is 872. The van der Waals surface area contributed by atoms with Gasteiger partial charge in [0.05, 0.1) is 12.1 Å². The van der Waals surface area contributed by atoms with E-state index in [1.165, 1.54) is 0 Å². The van der Waals surface area contributed by atoms with Crippen LogP contribution in [0, 0.1) is 11.8 Å². The van der Waals surface area contributed by atoms with E-state index in [0.29, 0.717) is 18.5 Å². The van der Waals surface area contributed by atoms with E-state index >= 15 is 0 Å². The minimum absolute atomic E-state index is 0.0805. The van der Waals surface area contributed by atoms with Crippen LogP contribution < -0.4 is 27.4 Å². The van der Waals surface area contributed by atoms with E-state index in [1.807, 2.05) is 59.0 Å². The Morgan fingerprint density at radius 3 is 2.08 bits per heavy atom. The van der Waals surface area contributed by atoms with Gasteiger partial charge in [-0.25, -0.2) is 4.79 Å². The van der Waals surface area contributed by atoms with Crippen molar-refractivity contribution in [3.05, 3.63) is 29.8 Å². The fourth-order valence-electron chi connectivity index (χ4n) is 4.07. The van der Waals surface area contributed by atoms with E-state index in [9.17, 15) is 19.2 Å². The number of anilines is 1. The summed E-state index contributed by atoms with van der Waals surface area (Å²) in [5, 5.41) is 8.05. The highest BCUT2D eigenvalue weighted by molar-refractivity contribution is 5.97. The molecule has 4 amide bonds. The van der Waals surface area contributed by atoms with Gasteiger partial charge in [0.1, 0.15) is 11.8 Å². The van der Waals surface area contributed by atoms with Gasteiger partial charge in [-0.3, -0.25) is 19.3 Å². The number of hydrogen-bond donors (Lipinski definition) is 5. The van der Waals surface area contributed by atoms with Gasteiger partial charge in [0.25, 0.3) is 0 Å². The number of nitrogens with zero attached hydrogens (tertiary/aromatic N) is 1. The van der Waals surface area contributed by atoms with E-state index < -0.39 is 24.0 Å². The molecule has 1 aromatic carbocycles. The Morgan fingerprint density at radius 1 is 0.972 bits per heavy atom. The Hall–Kier alpha value is -2.98. The van der Waals surface area contributed by atoms with Crippen LogP contribution in [-0.2, 0) is 20.8 Å². The molecule has 10 nitrogen and oxygen atoms in total. The van der Waals surface area contributed by atoms with Crippen molar-refractivity contribution in [1.82, 2.24) is 15.5 Å². The molecule has 0 heterocycles. The maximum Gasteiger partial charge on any atom is 0.312 e. The summed E-state index contributed by atoms with van der Waals surface area (Å²) in [5.41, 5.74) is 12.7. The lowest BCUT2D eigenvalue weighted by Gasteiger charge is -2.29. The number of benzene rings is 1. The zero-order valence-electron chi connectivity index (χ0n) is 22.5. The van der Waals surface area contributed by atoms with E-state index in [-0.39, 0.29) is 36.1 Å². The van der Waals surface area contributed by atoms with Crippen LogP contribution in [0.3, 0.4) is 0 Å². The molecule has 3 atom stereocenters. The molecule has 0 saturated carbocycles. The number of nitrogens with one attached hydrogen (secondary N) is 3. The lowest BCUT2D eigenvalue weighted by molar-refractivity contribution is -0.128. The predicted molar refractivity (Wildman–Crippen MR) is 142 cm³/mol. The first-order valence-electron chi connectivity index (χ1n) is 12.5. The molecule has 0 aliphatic rings.